The van der Waals surface area contributed by atoms with Crippen molar-refractivity contribution < 1.29 is 11.3 Å². The van der Waals surface area contributed by atoms with Gasteiger partial charge >= 0.3 is 0 Å². The molecular formula is C44H28O. The zero-order valence-corrected chi connectivity index (χ0v) is 24.2. The van der Waals surface area contributed by atoms with E-state index in [1.807, 2.05) is 72.8 Å². The highest BCUT2D eigenvalue weighted by Gasteiger charge is 2.21. The molecule has 0 spiro atoms. The monoisotopic (exact) mass is 577 g/mol. The molecular weight excluding hydrogens is 544 g/mol. The summed E-state index contributed by atoms with van der Waals surface area (Å²) in [6.07, 6.45) is 0. The Morgan fingerprint density at radius 1 is 0.378 bits per heavy atom. The first-order valence-electron chi connectivity index (χ1n) is 17.5. The van der Waals surface area contributed by atoms with Crippen LogP contribution < -0.4 is 0 Å². The fraction of sp³-hybridized carbons (Fsp3) is 0. The lowest BCUT2D eigenvalue weighted by atomic mass is 9.83. The third kappa shape index (κ3) is 4.09. The number of rotatable bonds is 4. The van der Waals surface area contributed by atoms with Crippen molar-refractivity contribution >= 4 is 43.5 Å². The van der Waals surface area contributed by atoms with Gasteiger partial charge in [-0.05, 0) is 78.7 Å². The van der Waals surface area contributed by atoms with E-state index in [9.17, 15) is 0 Å². The summed E-state index contributed by atoms with van der Waals surface area (Å²) in [6.45, 7) is 0. The zero-order valence-electron chi connectivity index (χ0n) is 29.2. The molecule has 0 unspecified atom stereocenters. The van der Waals surface area contributed by atoms with Crippen LogP contribution in [0.25, 0.3) is 88.0 Å². The second kappa shape index (κ2) is 10.4. The number of benzene rings is 8. The Morgan fingerprint density at radius 2 is 0.933 bits per heavy atom. The first-order chi connectivity index (χ1) is 24.4. The average Bonchev–Trinajstić information content (AvgIpc) is 3.54. The number of furan rings is 1. The molecule has 1 nitrogen and oxygen atoms in total. The van der Waals surface area contributed by atoms with Crippen molar-refractivity contribution in [2.45, 2.75) is 0 Å². The lowest BCUT2D eigenvalue weighted by molar-refractivity contribution is 0.670. The second-order valence-electron chi connectivity index (χ2n) is 11.3. The molecule has 0 fully saturated rings. The van der Waals surface area contributed by atoms with E-state index in [4.69, 9.17) is 11.3 Å². The van der Waals surface area contributed by atoms with Gasteiger partial charge in [-0.15, -0.1) is 0 Å². The standard InChI is InChI=1S/C44H28O/c1-3-15-29(16-4-1)32-19-7-8-21-34(32)43-37-24-11-9-22-35(37)42(36-23-10-12-25-38(36)43)31-27-39(30-17-5-2-6-18-30)44-40(28-31)33-20-13-14-26-41(33)45-44/h1-28H/i1D,3D,4D,15D,16D. The minimum Gasteiger partial charge on any atom is -0.455 e. The molecule has 0 aliphatic rings. The molecule has 9 aromatic rings. The van der Waals surface area contributed by atoms with E-state index in [1.165, 1.54) is 0 Å². The van der Waals surface area contributed by atoms with Crippen molar-refractivity contribution in [3.05, 3.63) is 170 Å². The Bertz CT molecular complexity index is 2730. The number of hydrogen-bond acceptors (Lipinski definition) is 1. The van der Waals surface area contributed by atoms with Gasteiger partial charge in [0, 0.05) is 16.3 Å². The third-order valence-corrected chi connectivity index (χ3v) is 8.75. The maximum Gasteiger partial charge on any atom is 0.143 e. The van der Waals surface area contributed by atoms with Crippen molar-refractivity contribution in [2.75, 3.05) is 0 Å². The molecule has 1 heterocycles. The highest BCUT2D eigenvalue weighted by atomic mass is 16.3. The van der Waals surface area contributed by atoms with Crippen LogP contribution in [0.2, 0.25) is 0 Å². The lowest BCUT2D eigenvalue weighted by Crippen LogP contribution is -1.93. The van der Waals surface area contributed by atoms with Crippen LogP contribution in [0.15, 0.2) is 174 Å². The van der Waals surface area contributed by atoms with E-state index >= 15 is 0 Å². The average molecular weight is 578 g/mol. The minimum atomic E-state index is -0.404. The Morgan fingerprint density at radius 3 is 1.62 bits per heavy atom. The van der Waals surface area contributed by atoms with Crippen molar-refractivity contribution in [3.63, 3.8) is 0 Å². The Labute approximate surface area is 268 Å². The van der Waals surface area contributed by atoms with Crippen LogP contribution >= 0.6 is 0 Å². The van der Waals surface area contributed by atoms with Gasteiger partial charge in [0.05, 0.1) is 6.85 Å². The van der Waals surface area contributed by atoms with Crippen LogP contribution in [-0.2, 0) is 0 Å². The van der Waals surface area contributed by atoms with E-state index in [0.717, 1.165) is 76.9 Å². The molecule has 9 rings (SSSR count). The Hall–Kier alpha value is -5.92. The van der Waals surface area contributed by atoms with E-state index < -0.39 is 6.04 Å². The molecule has 0 radical (unpaired) electrons. The van der Waals surface area contributed by atoms with Gasteiger partial charge in [-0.2, -0.15) is 0 Å². The normalized spacial score (nSPS) is 13.1. The minimum absolute atomic E-state index is 0.189. The summed E-state index contributed by atoms with van der Waals surface area (Å²) < 4.78 is 49.2. The van der Waals surface area contributed by atoms with E-state index in [2.05, 4.69) is 66.7 Å². The van der Waals surface area contributed by atoms with E-state index in [0.29, 0.717) is 5.56 Å². The molecule has 0 saturated carbocycles. The number of hydrogen-bond donors (Lipinski definition) is 0. The molecule has 0 bridgehead atoms. The van der Waals surface area contributed by atoms with Crippen molar-refractivity contribution in [3.8, 4) is 44.5 Å². The highest BCUT2D eigenvalue weighted by molar-refractivity contribution is 6.23. The number of fused-ring (bicyclic) bond motifs is 5. The van der Waals surface area contributed by atoms with Gasteiger partial charge in [-0.25, -0.2) is 0 Å². The third-order valence-electron chi connectivity index (χ3n) is 8.75. The van der Waals surface area contributed by atoms with Gasteiger partial charge in [0.25, 0.3) is 0 Å². The van der Waals surface area contributed by atoms with Crippen LogP contribution in [0.4, 0.5) is 0 Å². The van der Waals surface area contributed by atoms with Gasteiger partial charge in [0.2, 0.25) is 0 Å². The summed E-state index contributed by atoms with van der Waals surface area (Å²) in [5.74, 6) is 0. The quantitative estimate of drug-likeness (QED) is 0.190. The van der Waals surface area contributed by atoms with Crippen LogP contribution in [-0.4, -0.2) is 0 Å². The SMILES string of the molecule is [2H]c1c([2H])c([2H])c(-c2ccccc2-c2c3ccccc3c(-c3cc(-c4ccccc4)c4oc5ccccc5c4c3)c3ccccc23)c([2H])c1[2H]. The summed E-state index contributed by atoms with van der Waals surface area (Å²) >= 11 is 0. The first-order valence-corrected chi connectivity index (χ1v) is 15.0. The van der Waals surface area contributed by atoms with Crippen LogP contribution in [0.1, 0.15) is 6.85 Å². The summed E-state index contributed by atoms with van der Waals surface area (Å²) in [5.41, 5.74) is 8.43. The predicted molar refractivity (Wildman–Crippen MR) is 190 cm³/mol. The highest BCUT2D eigenvalue weighted by Crippen LogP contribution is 2.48. The van der Waals surface area contributed by atoms with Gasteiger partial charge in [-0.3, -0.25) is 0 Å². The summed E-state index contributed by atoms with van der Waals surface area (Å²) in [4.78, 5) is 0. The van der Waals surface area contributed by atoms with E-state index in [-0.39, 0.29) is 29.7 Å². The molecule has 8 aromatic carbocycles. The molecule has 45 heavy (non-hydrogen) atoms. The van der Waals surface area contributed by atoms with Crippen LogP contribution in [0.3, 0.4) is 0 Å². The Balaban J connectivity index is 1.40. The van der Waals surface area contributed by atoms with Crippen molar-refractivity contribution in [1.82, 2.24) is 0 Å². The van der Waals surface area contributed by atoms with Gasteiger partial charge < -0.3 is 4.42 Å². The summed E-state index contributed by atoms with van der Waals surface area (Å²) in [6, 6.07) is 45.7. The topological polar surface area (TPSA) is 13.1 Å². The van der Waals surface area contributed by atoms with Crippen molar-refractivity contribution in [2.24, 2.45) is 0 Å². The summed E-state index contributed by atoms with van der Waals surface area (Å²) in [7, 11) is 0. The maximum atomic E-state index is 8.83. The zero-order chi connectivity index (χ0) is 34.1. The van der Waals surface area contributed by atoms with Crippen LogP contribution in [0, 0.1) is 0 Å². The molecule has 0 saturated heterocycles. The molecule has 0 amide bonds. The Kier molecular flexibility index (Phi) is 4.81. The molecule has 1 aromatic heterocycles. The molecule has 210 valence electrons. The smallest absolute Gasteiger partial charge is 0.143 e. The molecule has 0 aliphatic heterocycles. The fourth-order valence-corrected chi connectivity index (χ4v) is 6.84. The maximum absolute atomic E-state index is 8.83. The number of para-hydroxylation sites is 1. The van der Waals surface area contributed by atoms with Gasteiger partial charge in [0.1, 0.15) is 11.2 Å². The largest absolute Gasteiger partial charge is 0.455 e. The molecule has 0 N–H and O–H groups in total. The van der Waals surface area contributed by atoms with E-state index in [1.54, 1.807) is 0 Å². The van der Waals surface area contributed by atoms with Crippen molar-refractivity contribution in [1.29, 1.82) is 0 Å². The molecule has 0 aliphatic carbocycles. The predicted octanol–water partition coefficient (Wildman–Crippen LogP) is 12.6. The van der Waals surface area contributed by atoms with Crippen LogP contribution in [0.5, 0.6) is 0 Å². The van der Waals surface area contributed by atoms with Gasteiger partial charge in [-0.1, -0.05) is 152 Å². The second-order valence-corrected chi connectivity index (χ2v) is 11.3. The lowest BCUT2D eigenvalue weighted by Gasteiger charge is -2.20. The molecule has 1 heteroatoms. The fourth-order valence-electron chi connectivity index (χ4n) is 6.84. The summed E-state index contributed by atoms with van der Waals surface area (Å²) in [5, 5.41) is 6.19. The van der Waals surface area contributed by atoms with Gasteiger partial charge in [0.15, 0.2) is 0 Å². The molecule has 0 atom stereocenters. The first kappa shape index (κ1) is 20.9.